The van der Waals surface area contributed by atoms with E-state index in [0.717, 1.165) is 58.2 Å². The topological polar surface area (TPSA) is 92.0 Å². The van der Waals surface area contributed by atoms with Crippen LogP contribution in [0.25, 0.3) is 11.0 Å². The Balaban J connectivity index is 1.14. The van der Waals surface area contributed by atoms with E-state index in [1.165, 1.54) is 0 Å². The zero-order valence-corrected chi connectivity index (χ0v) is 22.6. The van der Waals surface area contributed by atoms with Gasteiger partial charge in [-0.3, -0.25) is 9.69 Å². The van der Waals surface area contributed by atoms with Gasteiger partial charge in [-0.05, 0) is 55.4 Å². The van der Waals surface area contributed by atoms with Crippen molar-refractivity contribution in [3.8, 4) is 11.5 Å². The summed E-state index contributed by atoms with van der Waals surface area (Å²) < 4.78 is 58.4. The summed E-state index contributed by atoms with van der Waals surface area (Å²) in [5.41, 5.74) is 1.10. The number of nitrogens with one attached hydrogen (secondary N) is 2. The highest BCUT2D eigenvalue weighted by Crippen LogP contribution is 2.48. The lowest BCUT2D eigenvalue weighted by molar-refractivity contribution is -0.136. The number of aromatic amines is 1. The molecule has 218 valence electrons. The fourth-order valence-electron chi connectivity index (χ4n) is 6.26. The number of anilines is 2. The van der Waals surface area contributed by atoms with Gasteiger partial charge in [0.15, 0.2) is 11.5 Å². The van der Waals surface area contributed by atoms with Crippen LogP contribution in [-0.2, 0) is 10.9 Å². The van der Waals surface area contributed by atoms with Gasteiger partial charge in [0.25, 0.3) is 5.91 Å². The number of H-pyrrole nitrogens is 1. The van der Waals surface area contributed by atoms with Crippen molar-refractivity contribution in [2.45, 2.75) is 43.8 Å². The minimum absolute atomic E-state index is 0.0684. The highest BCUT2D eigenvalue weighted by molar-refractivity contribution is 5.99. The zero-order chi connectivity index (χ0) is 28.1. The number of fused-ring (bicyclic) bond motifs is 2. The molecular formula is C29H32F3N5O4. The molecule has 0 unspecified atom stereocenters. The van der Waals surface area contributed by atoms with Crippen molar-refractivity contribution in [2.75, 3.05) is 57.9 Å². The number of hydrogen-bond acceptors (Lipinski definition) is 7. The molecule has 0 bridgehead atoms. The molecule has 3 fully saturated rings. The van der Waals surface area contributed by atoms with Crippen molar-refractivity contribution in [2.24, 2.45) is 0 Å². The Morgan fingerprint density at radius 3 is 2.41 bits per heavy atom. The lowest BCUT2D eigenvalue weighted by atomic mass is 10.0. The number of benzene rings is 1. The van der Waals surface area contributed by atoms with Gasteiger partial charge in [0, 0.05) is 43.8 Å². The molecule has 3 aliphatic heterocycles. The van der Waals surface area contributed by atoms with Gasteiger partial charge in [-0.15, -0.1) is 0 Å². The van der Waals surface area contributed by atoms with E-state index in [1.54, 1.807) is 18.2 Å². The Bertz CT molecular complexity index is 1460. The van der Waals surface area contributed by atoms with Crippen LogP contribution in [-0.4, -0.2) is 84.3 Å². The van der Waals surface area contributed by atoms with Gasteiger partial charge in [0.2, 0.25) is 0 Å². The number of nitrogens with zero attached hydrogens (tertiary/aromatic N) is 3. The van der Waals surface area contributed by atoms with Crippen LogP contribution < -0.4 is 14.8 Å². The largest absolute Gasteiger partial charge is 0.485 e. The van der Waals surface area contributed by atoms with Crippen LogP contribution in [0.3, 0.4) is 0 Å². The van der Waals surface area contributed by atoms with Gasteiger partial charge >= 0.3 is 6.18 Å². The number of alkyl halides is 3. The molecular weight excluding hydrogens is 539 g/mol. The standard InChI is InChI=1S/C29H32F3N5O4/c30-29(31,32)21-16-33-27-24(21)20(17-1-2-17)15-23(35-27)34-22-4-3-19(25-26(22)41-14-13-40-25)28(38)37-7-5-18(6-8-37)36-9-11-39-12-10-36/h3-4,15-18H,1-2,5-14H2,(H2,33,34,35). The average Bonchev–Trinajstić information content (AvgIpc) is 3.74. The van der Waals surface area contributed by atoms with Crippen LogP contribution in [0.15, 0.2) is 24.4 Å². The van der Waals surface area contributed by atoms with E-state index < -0.39 is 11.7 Å². The average molecular weight is 572 g/mol. The lowest BCUT2D eigenvalue weighted by Gasteiger charge is -2.40. The van der Waals surface area contributed by atoms with E-state index in [9.17, 15) is 18.0 Å². The number of halogens is 3. The SMILES string of the molecule is O=C(c1ccc(Nc2cc(C3CC3)c3c(C(F)(F)F)c[nH]c3n2)c2c1OCCO2)N1CCC(N2CCOCC2)CC1. The fourth-order valence-corrected chi connectivity index (χ4v) is 6.26. The molecule has 0 radical (unpaired) electrons. The van der Waals surface area contributed by atoms with Crippen LogP contribution in [0, 0.1) is 0 Å². The highest BCUT2D eigenvalue weighted by Gasteiger charge is 2.38. The minimum Gasteiger partial charge on any atom is -0.485 e. The van der Waals surface area contributed by atoms with Crippen molar-refractivity contribution in [1.82, 2.24) is 19.8 Å². The Kier molecular flexibility index (Phi) is 6.69. The van der Waals surface area contributed by atoms with Gasteiger partial charge < -0.3 is 29.4 Å². The van der Waals surface area contributed by atoms with Gasteiger partial charge in [-0.25, -0.2) is 4.98 Å². The minimum atomic E-state index is -4.47. The molecule has 2 saturated heterocycles. The van der Waals surface area contributed by atoms with E-state index in [1.807, 2.05) is 4.90 Å². The normalized spacial score (nSPS) is 20.4. The summed E-state index contributed by atoms with van der Waals surface area (Å²) in [6, 6.07) is 5.62. The summed E-state index contributed by atoms with van der Waals surface area (Å²) in [5, 5.41) is 3.36. The Morgan fingerprint density at radius 2 is 1.71 bits per heavy atom. The van der Waals surface area contributed by atoms with Crippen LogP contribution in [0.1, 0.15) is 53.1 Å². The number of pyridine rings is 1. The first-order valence-electron chi connectivity index (χ1n) is 14.3. The molecule has 1 saturated carbocycles. The summed E-state index contributed by atoms with van der Waals surface area (Å²) >= 11 is 0. The molecule has 2 N–H and O–H groups in total. The number of morpholine rings is 1. The Hall–Kier alpha value is -3.51. The van der Waals surface area contributed by atoms with Gasteiger partial charge in [-0.2, -0.15) is 13.2 Å². The predicted octanol–water partition coefficient (Wildman–Crippen LogP) is 4.91. The number of amides is 1. The van der Waals surface area contributed by atoms with E-state index in [0.29, 0.717) is 66.5 Å². The number of ether oxygens (including phenoxy) is 3. The third kappa shape index (κ3) is 5.07. The summed E-state index contributed by atoms with van der Waals surface area (Å²) in [6.07, 6.45) is 0.0232. The molecule has 3 aromatic rings. The third-order valence-electron chi connectivity index (χ3n) is 8.49. The van der Waals surface area contributed by atoms with E-state index >= 15 is 0 Å². The summed E-state index contributed by atoms with van der Waals surface area (Å²) in [7, 11) is 0. The maximum Gasteiger partial charge on any atom is 0.418 e. The van der Waals surface area contributed by atoms with Crippen molar-refractivity contribution < 1.29 is 32.2 Å². The predicted molar refractivity (Wildman–Crippen MR) is 145 cm³/mol. The quantitative estimate of drug-likeness (QED) is 0.450. The molecule has 0 spiro atoms. The van der Waals surface area contributed by atoms with Gasteiger partial charge in [-0.1, -0.05) is 0 Å². The molecule has 1 aromatic carbocycles. The Morgan fingerprint density at radius 1 is 0.976 bits per heavy atom. The van der Waals surface area contributed by atoms with Crippen molar-refractivity contribution in [1.29, 1.82) is 0 Å². The maximum absolute atomic E-state index is 13.7. The van der Waals surface area contributed by atoms with E-state index in [2.05, 4.69) is 20.2 Å². The monoisotopic (exact) mass is 571 g/mol. The van der Waals surface area contributed by atoms with Crippen LogP contribution >= 0.6 is 0 Å². The maximum atomic E-state index is 13.7. The Labute approximate surface area is 234 Å². The number of carbonyl (C=O) groups is 1. The number of hydrogen-bond donors (Lipinski definition) is 2. The molecule has 5 heterocycles. The summed E-state index contributed by atoms with van der Waals surface area (Å²) in [6.45, 7) is 5.35. The molecule has 2 aromatic heterocycles. The first kappa shape index (κ1) is 26.4. The molecule has 1 aliphatic carbocycles. The van der Waals surface area contributed by atoms with Crippen LogP contribution in [0.4, 0.5) is 24.7 Å². The molecule has 7 rings (SSSR count). The van der Waals surface area contributed by atoms with Gasteiger partial charge in [0.1, 0.15) is 24.7 Å². The second-order valence-electron chi connectivity index (χ2n) is 11.1. The third-order valence-corrected chi connectivity index (χ3v) is 8.49. The molecule has 41 heavy (non-hydrogen) atoms. The number of rotatable bonds is 5. The van der Waals surface area contributed by atoms with Crippen molar-refractivity contribution in [3.05, 3.63) is 41.1 Å². The number of carbonyl (C=O) groups excluding carboxylic acids is 1. The molecule has 0 atom stereocenters. The number of piperidine rings is 1. The second-order valence-corrected chi connectivity index (χ2v) is 11.1. The molecule has 4 aliphatic rings. The summed E-state index contributed by atoms with van der Waals surface area (Å²) in [5.74, 6) is 1.15. The van der Waals surface area contributed by atoms with E-state index in [4.69, 9.17) is 14.2 Å². The smallest absolute Gasteiger partial charge is 0.418 e. The number of likely N-dealkylation sites (tertiary alicyclic amines) is 1. The molecule has 1 amide bonds. The summed E-state index contributed by atoms with van der Waals surface area (Å²) in [4.78, 5) is 25.1. The molecule has 12 heteroatoms. The zero-order valence-electron chi connectivity index (χ0n) is 22.6. The first-order chi connectivity index (χ1) is 19.9. The van der Waals surface area contributed by atoms with Crippen molar-refractivity contribution >= 4 is 28.4 Å². The highest BCUT2D eigenvalue weighted by atomic mass is 19.4. The van der Waals surface area contributed by atoms with Crippen molar-refractivity contribution in [3.63, 3.8) is 0 Å². The van der Waals surface area contributed by atoms with Gasteiger partial charge in [0.05, 0.1) is 30.0 Å². The van der Waals surface area contributed by atoms with E-state index in [-0.39, 0.29) is 22.9 Å². The van der Waals surface area contributed by atoms with Crippen LogP contribution in [0.2, 0.25) is 0 Å². The first-order valence-corrected chi connectivity index (χ1v) is 14.3. The second kappa shape index (κ2) is 10.4. The lowest BCUT2D eigenvalue weighted by Crippen LogP contribution is -2.50. The van der Waals surface area contributed by atoms with Crippen LogP contribution in [0.5, 0.6) is 11.5 Å². The number of aromatic nitrogens is 2. The fraction of sp³-hybridized carbons (Fsp3) is 0.517. The molecule has 9 nitrogen and oxygen atoms in total.